The lowest BCUT2D eigenvalue weighted by Crippen LogP contribution is -1.78. The first-order valence-electron chi connectivity index (χ1n) is 3.65. The number of hydrogen-bond donors (Lipinski definition) is 0. The highest BCUT2D eigenvalue weighted by Crippen LogP contribution is 2.16. The lowest BCUT2D eigenvalue weighted by atomic mass is 10.2. The van der Waals surface area contributed by atoms with Crippen LogP contribution in [0.25, 0.3) is 0 Å². The van der Waals surface area contributed by atoms with Crippen molar-refractivity contribution < 1.29 is 4.57 Å². The van der Waals surface area contributed by atoms with Crippen LogP contribution in [0, 0.1) is 0 Å². The van der Waals surface area contributed by atoms with E-state index in [1.54, 1.807) is 6.66 Å². The zero-order valence-corrected chi connectivity index (χ0v) is 7.29. The van der Waals surface area contributed by atoms with Crippen LogP contribution in [0.2, 0.25) is 0 Å². The van der Waals surface area contributed by atoms with E-state index in [-0.39, 0.29) is 0 Å². The molecule has 0 aliphatic rings. The fraction of sp³-hybridized carbons (Fsp3) is 1.00. The summed E-state index contributed by atoms with van der Waals surface area (Å²) < 4.78 is 10.6. The van der Waals surface area contributed by atoms with Crippen LogP contribution in [0.15, 0.2) is 0 Å². The molecule has 0 aromatic heterocycles. The minimum Gasteiger partial charge on any atom is -0.0752 e. The van der Waals surface area contributed by atoms with Crippen molar-refractivity contribution in [2.45, 2.75) is 32.6 Å². The molecule has 0 aromatic rings. The van der Waals surface area contributed by atoms with Crippen LogP contribution in [0.4, 0.5) is 0 Å². The Labute approximate surface area is 58.6 Å². The third kappa shape index (κ3) is 8.10. The molecule has 0 saturated carbocycles. The fourth-order valence-electron chi connectivity index (χ4n) is 0.761. The molecule has 0 spiro atoms. The molecule has 0 fully saturated rings. The van der Waals surface area contributed by atoms with E-state index < -0.39 is 7.80 Å². The summed E-state index contributed by atoms with van der Waals surface area (Å²) in [6.45, 7) is 3.99. The summed E-state index contributed by atoms with van der Waals surface area (Å²) in [5.74, 6) is 0. The first-order chi connectivity index (χ1) is 4.27. The van der Waals surface area contributed by atoms with Crippen LogP contribution in [0.1, 0.15) is 32.6 Å². The van der Waals surface area contributed by atoms with E-state index in [9.17, 15) is 4.57 Å². The number of rotatable bonds is 5. The van der Waals surface area contributed by atoms with Crippen molar-refractivity contribution in [3.8, 4) is 0 Å². The van der Waals surface area contributed by atoms with Gasteiger partial charge in [-0.1, -0.05) is 24.3 Å². The number of unbranched alkanes of at least 4 members (excludes halogenated alkanes) is 3. The van der Waals surface area contributed by atoms with Gasteiger partial charge in [0.2, 0.25) is 0 Å². The lowest BCUT2D eigenvalue weighted by molar-refractivity contribution is 0.587. The maximum atomic E-state index is 10.6. The van der Waals surface area contributed by atoms with E-state index in [1.807, 2.05) is 0 Å². The maximum Gasteiger partial charge on any atom is 0.335 e. The van der Waals surface area contributed by atoms with Gasteiger partial charge in [-0.25, -0.2) is 0 Å². The number of hydrogen-bond acceptors (Lipinski definition) is 1. The van der Waals surface area contributed by atoms with Gasteiger partial charge in [-0.3, -0.25) is 0 Å². The predicted molar refractivity (Wildman–Crippen MR) is 42.5 cm³/mol. The van der Waals surface area contributed by atoms with Crippen molar-refractivity contribution in [1.82, 2.24) is 0 Å². The van der Waals surface area contributed by atoms with Crippen molar-refractivity contribution in [2.75, 3.05) is 12.8 Å². The highest BCUT2D eigenvalue weighted by Gasteiger charge is 2.02. The van der Waals surface area contributed by atoms with Gasteiger partial charge in [-0.2, -0.15) is 0 Å². The van der Waals surface area contributed by atoms with Gasteiger partial charge in [0, 0.05) is 0 Å². The molecule has 1 nitrogen and oxygen atoms in total. The Kier molecular flexibility index (Phi) is 6.29. The summed E-state index contributed by atoms with van der Waals surface area (Å²) in [6.07, 6.45) is 5.89. The van der Waals surface area contributed by atoms with Crippen LogP contribution in [-0.2, 0) is 4.57 Å². The largest absolute Gasteiger partial charge is 0.335 e. The zero-order valence-electron chi connectivity index (χ0n) is 6.39. The van der Waals surface area contributed by atoms with Gasteiger partial charge in [0.05, 0.1) is 0 Å². The molecule has 54 valence electrons. The SMILES string of the molecule is CCCCCC[P+](C)=O. The molecule has 9 heavy (non-hydrogen) atoms. The van der Waals surface area contributed by atoms with E-state index in [1.165, 1.54) is 19.3 Å². The fourth-order valence-corrected chi connectivity index (χ4v) is 1.43. The van der Waals surface area contributed by atoms with Crippen LogP contribution in [-0.4, -0.2) is 12.8 Å². The van der Waals surface area contributed by atoms with Gasteiger partial charge in [0.1, 0.15) is 12.8 Å². The van der Waals surface area contributed by atoms with E-state index in [0.29, 0.717) is 0 Å². The Hall–Kier alpha value is 0.100. The second-order valence-electron chi connectivity index (χ2n) is 2.41. The molecule has 0 aliphatic carbocycles. The molecule has 0 aromatic carbocycles. The van der Waals surface area contributed by atoms with E-state index >= 15 is 0 Å². The van der Waals surface area contributed by atoms with Crippen molar-refractivity contribution in [2.24, 2.45) is 0 Å². The molecule has 0 radical (unpaired) electrons. The Bertz CT molecular complexity index is 81.0. The van der Waals surface area contributed by atoms with Crippen molar-refractivity contribution in [1.29, 1.82) is 0 Å². The maximum absolute atomic E-state index is 10.6. The Balaban J connectivity index is 2.83. The van der Waals surface area contributed by atoms with E-state index in [0.717, 1.165) is 12.6 Å². The van der Waals surface area contributed by atoms with Crippen LogP contribution < -0.4 is 0 Å². The summed E-state index contributed by atoms with van der Waals surface area (Å²) in [7, 11) is -0.867. The second-order valence-corrected chi connectivity index (χ2v) is 4.12. The van der Waals surface area contributed by atoms with E-state index in [4.69, 9.17) is 0 Å². The Morgan fingerprint density at radius 2 is 1.89 bits per heavy atom. The summed E-state index contributed by atoms with van der Waals surface area (Å²) in [6, 6.07) is 0. The topological polar surface area (TPSA) is 17.1 Å². The lowest BCUT2D eigenvalue weighted by Gasteiger charge is -1.88. The van der Waals surface area contributed by atoms with Crippen LogP contribution >= 0.6 is 7.80 Å². The molecule has 0 heterocycles. The highest BCUT2D eigenvalue weighted by atomic mass is 31.1. The molecule has 0 aliphatic heterocycles. The minimum absolute atomic E-state index is 0.867. The van der Waals surface area contributed by atoms with Gasteiger partial charge in [-0.15, -0.1) is 0 Å². The molecule has 0 amide bonds. The molecule has 1 unspecified atom stereocenters. The summed E-state index contributed by atoms with van der Waals surface area (Å²) in [4.78, 5) is 0. The average Bonchev–Trinajstić information content (AvgIpc) is 1.80. The quantitative estimate of drug-likeness (QED) is 0.431. The molecular formula is C7H16OP+. The van der Waals surface area contributed by atoms with Gasteiger partial charge >= 0.3 is 7.80 Å². The normalized spacial score (nSPS) is 11.6. The third-order valence-electron chi connectivity index (χ3n) is 1.33. The predicted octanol–water partition coefficient (Wildman–Crippen LogP) is 3.02. The van der Waals surface area contributed by atoms with Crippen LogP contribution in [0.5, 0.6) is 0 Å². The zero-order chi connectivity index (χ0) is 7.11. The van der Waals surface area contributed by atoms with Gasteiger partial charge in [-0.05, 0) is 12.8 Å². The Morgan fingerprint density at radius 1 is 1.22 bits per heavy atom. The molecule has 1 atom stereocenters. The summed E-state index contributed by atoms with van der Waals surface area (Å²) >= 11 is 0. The highest BCUT2D eigenvalue weighted by molar-refractivity contribution is 7.43. The monoisotopic (exact) mass is 147 g/mol. The average molecular weight is 147 g/mol. The molecule has 2 heteroatoms. The second kappa shape index (κ2) is 6.22. The van der Waals surface area contributed by atoms with Crippen molar-refractivity contribution in [3.05, 3.63) is 0 Å². The molecule has 0 saturated heterocycles. The smallest absolute Gasteiger partial charge is 0.0752 e. The third-order valence-corrected chi connectivity index (χ3v) is 2.27. The molecule has 0 bridgehead atoms. The van der Waals surface area contributed by atoms with E-state index in [2.05, 4.69) is 6.92 Å². The van der Waals surface area contributed by atoms with Crippen LogP contribution in [0.3, 0.4) is 0 Å². The summed E-state index contributed by atoms with van der Waals surface area (Å²) in [5.41, 5.74) is 0. The van der Waals surface area contributed by atoms with Crippen molar-refractivity contribution in [3.63, 3.8) is 0 Å². The molecule has 0 rings (SSSR count). The Morgan fingerprint density at radius 3 is 2.33 bits per heavy atom. The minimum atomic E-state index is -0.867. The van der Waals surface area contributed by atoms with Gasteiger partial charge in [0.25, 0.3) is 0 Å². The first kappa shape index (κ1) is 9.10. The van der Waals surface area contributed by atoms with Gasteiger partial charge in [0.15, 0.2) is 0 Å². The first-order valence-corrected chi connectivity index (χ1v) is 5.55. The molecular weight excluding hydrogens is 131 g/mol. The van der Waals surface area contributed by atoms with Crippen molar-refractivity contribution >= 4 is 7.80 Å². The standard InChI is InChI=1S/C7H16OP/c1-3-4-5-6-7-9(2)8/h3-7H2,1-2H3/q+1. The summed E-state index contributed by atoms with van der Waals surface area (Å²) in [5, 5.41) is 0. The van der Waals surface area contributed by atoms with Gasteiger partial charge < -0.3 is 0 Å². The molecule has 0 N–H and O–H groups in total.